The Balaban J connectivity index is 2.63. The van der Waals surface area contributed by atoms with E-state index in [0.29, 0.717) is 12.1 Å². The summed E-state index contributed by atoms with van der Waals surface area (Å²) in [5.74, 6) is -0.639. The number of sulfonamides is 1. The van der Waals surface area contributed by atoms with Gasteiger partial charge in [-0.05, 0) is 24.6 Å². The van der Waals surface area contributed by atoms with Crippen LogP contribution in [0.1, 0.15) is 26.7 Å². The van der Waals surface area contributed by atoms with E-state index in [1.54, 1.807) is 6.07 Å². The largest absolute Gasteiger partial charge is 0.311 e. The van der Waals surface area contributed by atoms with Gasteiger partial charge in [-0.1, -0.05) is 19.4 Å². The maximum Gasteiger partial charge on any atom is 0.223 e. The molecule has 7 heteroatoms. The van der Waals surface area contributed by atoms with E-state index >= 15 is 0 Å². The van der Waals surface area contributed by atoms with Crippen molar-refractivity contribution in [3.63, 3.8) is 0 Å². The molecule has 1 rings (SSSR count). The predicted molar refractivity (Wildman–Crippen MR) is 81.1 cm³/mol. The lowest BCUT2D eigenvalue weighted by molar-refractivity contribution is -0.116. The number of carbonyl (C=O) groups excluding carboxylic acids is 1. The molecule has 1 aromatic rings. The minimum Gasteiger partial charge on any atom is -0.311 e. The quantitative estimate of drug-likeness (QED) is 0.796. The molecule has 0 heterocycles. The highest BCUT2D eigenvalue weighted by Gasteiger charge is 2.14. The van der Waals surface area contributed by atoms with E-state index in [-0.39, 0.29) is 24.7 Å². The standard InChI is InChI=1S/C14H21FN2O3S/c1-3-4-10-21(19,20)16-8-9-17(12(2)18)14-7-5-6-13(15)11-14/h5-7,11,16H,3-4,8-10H2,1-2H3. The van der Waals surface area contributed by atoms with Crippen LogP contribution in [-0.2, 0) is 14.8 Å². The Morgan fingerprint density at radius 1 is 1.38 bits per heavy atom. The van der Waals surface area contributed by atoms with Crippen molar-refractivity contribution in [3.05, 3.63) is 30.1 Å². The maximum atomic E-state index is 13.2. The molecule has 1 N–H and O–H groups in total. The third kappa shape index (κ3) is 6.22. The summed E-state index contributed by atoms with van der Waals surface area (Å²) in [5, 5.41) is 0. The van der Waals surface area contributed by atoms with Crippen LogP contribution in [0.5, 0.6) is 0 Å². The van der Waals surface area contributed by atoms with Crippen molar-refractivity contribution in [1.82, 2.24) is 4.72 Å². The van der Waals surface area contributed by atoms with E-state index in [1.807, 2.05) is 6.92 Å². The van der Waals surface area contributed by atoms with E-state index in [0.717, 1.165) is 6.42 Å². The van der Waals surface area contributed by atoms with Gasteiger partial charge < -0.3 is 4.90 Å². The monoisotopic (exact) mass is 316 g/mol. The molecule has 0 unspecified atom stereocenters. The number of carbonyl (C=O) groups is 1. The number of nitrogens with one attached hydrogen (secondary N) is 1. The number of rotatable bonds is 8. The molecule has 0 radical (unpaired) electrons. The van der Waals surface area contributed by atoms with Crippen LogP contribution in [0.15, 0.2) is 24.3 Å². The van der Waals surface area contributed by atoms with Crippen molar-refractivity contribution in [1.29, 1.82) is 0 Å². The number of anilines is 1. The molecule has 0 aliphatic carbocycles. The first-order valence-corrected chi connectivity index (χ1v) is 8.52. The van der Waals surface area contributed by atoms with Crippen LogP contribution < -0.4 is 9.62 Å². The fourth-order valence-corrected chi connectivity index (χ4v) is 3.05. The van der Waals surface area contributed by atoms with E-state index in [2.05, 4.69) is 4.72 Å². The van der Waals surface area contributed by atoms with Gasteiger partial charge in [0.05, 0.1) is 5.75 Å². The molecule has 0 bridgehead atoms. The second kappa shape index (κ2) is 8.09. The van der Waals surface area contributed by atoms with Gasteiger partial charge in [0.15, 0.2) is 0 Å². The molecular formula is C14H21FN2O3S. The van der Waals surface area contributed by atoms with Gasteiger partial charge in [0.2, 0.25) is 15.9 Å². The average molecular weight is 316 g/mol. The van der Waals surface area contributed by atoms with E-state index in [4.69, 9.17) is 0 Å². The van der Waals surface area contributed by atoms with E-state index in [1.165, 1.54) is 30.0 Å². The number of nitrogens with zero attached hydrogens (tertiary/aromatic N) is 1. The van der Waals surface area contributed by atoms with Crippen LogP contribution in [-0.4, -0.2) is 33.2 Å². The summed E-state index contributed by atoms with van der Waals surface area (Å²) >= 11 is 0. The van der Waals surface area contributed by atoms with Gasteiger partial charge in [0.1, 0.15) is 5.82 Å². The molecule has 0 saturated heterocycles. The topological polar surface area (TPSA) is 66.5 Å². The molecule has 5 nitrogen and oxygen atoms in total. The van der Waals surface area contributed by atoms with Gasteiger partial charge in [-0.15, -0.1) is 0 Å². The third-order valence-electron chi connectivity index (χ3n) is 2.92. The number of amides is 1. The molecule has 21 heavy (non-hydrogen) atoms. The molecule has 118 valence electrons. The average Bonchev–Trinajstić information content (AvgIpc) is 2.41. The van der Waals surface area contributed by atoms with E-state index < -0.39 is 15.8 Å². The number of hydrogen-bond donors (Lipinski definition) is 1. The Morgan fingerprint density at radius 3 is 2.67 bits per heavy atom. The summed E-state index contributed by atoms with van der Waals surface area (Å²) in [6.45, 7) is 3.53. The number of hydrogen-bond acceptors (Lipinski definition) is 3. The molecule has 0 atom stereocenters. The summed E-state index contributed by atoms with van der Waals surface area (Å²) in [4.78, 5) is 12.9. The maximum absolute atomic E-state index is 13.2. The fraction of sp³-hybridized carbons (Fsp3) is 0.500. The lowest BCUT2D eigenvalue weighted by Crippen LogP contribution is -2.38. The summed E-state index contributed by atoms with van der Waals surface area (Å²) in [5.41, 5.74) is 0.412. The van der Waals surface area contributed by atoms with Crippen molar-refractivity contribution >= 4 is 21.6 Å². The Bertz CT molecular complexity index is 575. The molecule has 0 aliphatic rings. The van der Waals surface area contributed by atoms with Crippen molar-refractivity contribution in [2.24, 2.45) is 0 Å². The first-order chi connectivity index (χ1) is 9.85. The number of benzene rings is 1. The lowest BCUT2D eigenvalue weighted by Gasteiger charge is -2.21. The highest BCUT2D eigenvalue weighted by molar-refractivity contribution is 7.89. The minimum absolute atomic E-state index is 0.0730. The van der Waals surface area contributed by atoms with Crippen molar-refractivity contribution in [2.75, 3.05) is 23.7 Å². The predicted octanol–water partition coefficient (Wildman–Crippen LogP) is 1.90. The Kier molecular flexibility index (Phi) is 6.77. The molecule has 0 aliphatic heterocycles. The Hall–Kier alpha value is -1.47. The SMILES string of the molecule is CCCCS(=O)(=O)NCCN(C(C)=O)c1cccc(F)c1. The Morgan fingerprint density at radius 2 is 2.10 bits per heavy atom. The Labute approximate surface area is 125 Å². The molecule has 0 saturated carbocycles. The summed E-state index contributed by atoms with van der Waals surface area (Å²) in [7, 11) is -3.32. The molecule has 0 spiro atoms. The summed E-state index contributed by atoms with van der Waals surface area (Å²) < 4.78 is 39.0. The number of halogens is 1. The fourth-order valence-electron chi connectivity index (χ4n) is 1.83. The summed E-state index contributed by atoms with van der Waals surface area (Å²) in [6, 6.07) is 5.64. The van der Waals surface area contributed by atoms with Crippen LogP contribution >= 0.6 is 0 Å². The zero-order valence-corrected chi connectivity index (χ0v) is 13.1. The van der Waals surface area contributed by atoms with Crippen LogP contribution in [0, 0.1) is 5.82 Å². The van der Waals surface area contributed by atoms with Gasteiger partial charge in [-0.2, -0.15) is 0 Å². The molecule has 1 aromatic carbocycles. The van der Waals surface area contributed by atoms with Gasteiger partial charge in [0.25, 0.3) is 0 Å². The minimum atomic E-state index is -3.32. The third-order valence-corrected chi connectivity index (χ3v) is 4.39. The first-order valence-electron chi connectivity index (χ1n) is 6.86. The zero-order chi connectivity index (χ0) is 15.9. The van der Waals surface area contributed by atoms with Gasteiger partial charge in [-0.3, -0.25) is 4.79 Å². The van der Waals surface area contributed by atoms with Crippen molar-refractivity contribution in [2.45, 2.75) is 26.7 Å². The van der Waals surface area contributed by atoms with Crippen LogP contribution in [0.25, 0.3) is 0 Å². The van der Waals surface area contributed by atoms with Crippen LogP contribution in [0.4, 0.5) is 10.1 Å². The van der Waals surface area contributed by atoms with Crippen LogP contribution in [0.3, 0.4) is 0 Å². The number of unbranched alkanes of at least 4 members (excludes halogenated alkanes) is 1. The van der Waals surface area contributed by atoms with E-state index in [9.17, 15) is 17.6 Å². The van der Waals surface area contributed by atoms with Crippen molar-refractivity contribution in [3.8, 4) is 0 Å². The second-order valence-electron chi connectivity index (χ2n) is 4.72. The molecule has 0 fully saturated rings. The second-order valence-corrected chi connectivity index (χ2v) is 6.64. The highest BCUT2D eigenvalue weighted by Crippen LogP contribution is 2.15. The lowest BCUT2D eigenvalue weighted by atomic mass is 10.2. The van der Waals surface area contributed by atoms with Crippen LogP contribution in [0.2, 0.25) is 0 Å². The summed E-state index contributed by atoms with van der Waals surface area (Å²) in [6.07, 6.45) is 1.39. The smallest absolute Gasteiger partial charge is 0.223 e. The van der Waals surface area contributed by atoms with Gasteiger partial charge in [0, 0.05) is 25.7 Å². The molecule has 0 aromatic heterocycles. The molecular weight excluding hydrogens is 295 g/mol. The van der Waals surface area contributed by atoms with Gasteiger partial charge >= 0.3 is 0 Å². The van der Waals surface area contributed by atoms with Gasteiger partial charge in [-0.25, -0.2) is 17.5 Å². The van der Waals surface area contributed by atoms with Crippen molar-refractivity contribution < 1.29 is 17.6 Å². The zero-order valence-electron chi connectivity index (χ0n) is 12.3. The highest BCUT2D eigenvalue weighted by atomic mass is 32.2. The first kappa shape index (κ1) is 17.6. The normalized spacial score (nSPS) is 11.4. The molecule has 1 amide bonds.